The number of nitrogens with one attached hydrogen (secondary N) is 1. The van der Waals surface area contributed by atoms with E-state index in [1.807, 2.05) is 30.3 Å². The smallest absolute Gasteiger partial charge is 0.334 e. The first-order valence-electron chi connectivity index (χ1n) is 11.6. The zero-order valence-corrected chi connectivity index (χ0v) is 19.0. The standard InChI is InChI=1S/C24H25N5O6/c30-21(11-18-22(31)27(24(33)25-18)9-8-15-4-2-1-3-5-15)26-12-16-10-17(14-26)19-6-7-20(29(34)35)23(32)28(19)13-16/h1-7,16-18H,8-14H2,(H,25,33). The minimum atomic E-state index is -0.898. The minimum absolute atomic E-state index is 0.0128. The van der Waals surface area contributed by atoms with E-state index in [0.29, 0.717) is 31.7 Å². The number of carbonyl (C=O) groups excluding carboxylic acids is 3. The summed E-state index contributed by atoms with van der Waals surface area (Å²) in [7, 11) is 0. The molecule has 11 heteroatoms. The molecule has 1 aromatic heterocycles. The zero-order valence-electron chi connectivity index (χ0n) is 19.0. The number of benzene rings is 1. The van der Waals surface area contributed by atoms with E-state index in [9.17, 15) is 29.3 Å². The van der Waals surface area contributed by atoms with Crippen molar-refractivity contribution in [2.45, 2.75) is 37.8 Å². The molecule has 1 N–H and O–H groups in total. The van der Waals surface area contributed by atoms with E-state index >= 15 is 0 Å². The summed E-state index contributed by atoms with van der Waals surface area (Å²) in [6, 6.07) is 11.0. The molecule has 0 spiro atoms. The van der Waals surface area contributed by atoms with Crippen LogP contribution in [0.15, 0.2) is 47.3 Å². The summed E-state index contributed by atoms with van der Waals surface area (Å²) in [6.07, 6.45) is 1.19. The van der Waals surface area contributed by atoms with E-state index in [1.54, 1.807) is 11.0 Å². The Morgan fingerprint density at radius 1 is 1.06 bits per heavy atom. The number of urea groups is 1. The lowest BCUT2D eigenvalue weighted by Gasteiger charge is -2.42. The number of rotatable bonds is 6. The first-order valence-corrected chi connectivity index (χ1v) is 11.6. The third-order valence-corrected chi connectivity index (χ3v) is 7.09. The number of nitrogens with zero attached hydrogens (tertiary/aromatic N) is 4. The number of pyridine rings is 1. The second-order valence-corrected chi connectivity index (χ2v) is 9.35. The van der Waals surface area contributed by atoms with Crippen molar-refractivity contribution in [1.29, 1.82) is 0 Å². The Morgan fingerprint density at radius 3 is 2.57 bits per heavy atom. The SMILES string of the molecule is O=C(CC1NC(=O)N(CCc2ccccc2)C1=O)N1CC2CC(C1)c1ccc([N+](=O)[O-])c(=O)n1C2. The number of carbonyl (C=O) groups is 3. The lowest BCUT2D eigenvalue weighted by Crippen LogP contribution is -2.50. The Labute approximate surface area is 200 Å². The fraction of sp³-hybridized carbons (Fsp3) is 0.417. The van der Waals surface area contributed by atoms with Crippen molar-refractivity contribution in [3.05, 3.63) is 74.2 Å². The number of amides is 4. The Kier molecular flexibility index (Phi) is 5.83. The molecule has 182 valence electrons. The molecule has 35 heavy (non-hydrogen) atoms. The molecule has 3 aliphatic rings. The second-order valence-electron chi connectivity index (χ2n) is 9.35. The quantitative estimate of drug-likeness (QED) is 0.376. The van der Waals surface area contributed by atoms with Crippen molar-refractivity contribution in [3.8, 4) is 0 Å². The van der Waals surface area contributed by atoms with E-state index in [-0.39, 0.29) is 30.7 Å². The van der Waals surface area contributed by atoms with Crippen molar-refractivity contribution in [2.75, 3.05) is 19.6 Å². The molecule has 0 radical (unpaired) electrons. The van der Waals surface area contributed by atoms with Crippen LogP contribution in [0.3, 0.4) is 0 Å². The largest absolute Gasteiger partial charge is 0.342 e. The van der Waals surface area contributed by atoms with Gasteiger partial charge in [-0.25, -0.2) is 4.79 Å². The summed E-state index contributed by atoms with van der Waals surface area (Å²) in [6.45, 7) is 1.31. The molecule has 5 rings (SSSR count). The number of fused-ring (bicyclic) bond motifs is 4. The van der Waals surface area contributed by atoms with Crippen molar-refractivity contribution in [2.24, 2.45) is 5.92 Å². The molecular formula is C24H25N5O6. The molecule has 0 saturated carbocycles. The van der Waals surface area contributed by atoms with Crippen LogP contribution in [0.4, 0.5) is 10.5 Å². The first kappa shape index (κ1) is 22.8. The number of imide groups is 1. The van der Waals surface area contributed by atoms with Gasteiger partial charge in [0.15, 0.2) is 0 Å². The average Bonchev–Trinajstić information content (AvgIpc) is 3.10. The van der Waals surface area contributed by atoms with Crippen molar-refractivity contribution >= 4 is 23.5 Å². The Bertz CT molecular complexity index is 1260. The number of piperidine rings is 1. The van der Waals surface area contributed by atoms with Crippen LogP contribution in [0, 0.1) is 16.0 Å². The zero-order chi connectivity index (χ0) is 24.7. The Hall–Kier alpha value is -4.02. The topological polar surface area (TPSA) is 135 Å². The Morgan fingerprint density at radius 2 is 1.83 bits per heavy atom. The molecule has 0 aliphatic carbocycles. The maximum atomic E-state index is 13.1. The van der Waals surface area contributed by atoms with Gasteiger partial charge in [0.05, 0.1) is 11.3 Å². The summed E-state index contributed by atoms with van der Waals surface area (Å²) >= 11 is 0. The molecule has 4 amide bonds. The lowest BCUT2D eigenvalue weighted by molar-refractivity contribution is -0.386. The number of aromatic nitrogens is 1. The molecule has 2 bridgehead atoms. The van der Waals surface area contributed by atoms with Gasteiger partial charge in [0.1, 0.15) is 6.04 Å². The molecule has 2 aromatic rings. The highest BCUT2D eigenvalue weighted by atomic mass is 16.6. The summed E-state index contributed by atoms with van der Waals surface area (Å²) in [4.78, 5) is 64.1. The number of hydrogen-bond donors (Lipinski definition) is 1. The summed E-state index contributed by atoms with van der Waals surface area (Å²) in [5.41, 5.74) is 0.634. The summed E-state index contributed by atoms with van der Waals surface area (Å²) in [5.74, 6) is -0.765. The second kappa shape index (κ2) is 8.97. The van der Waals surface area contributed by atoms with Crippen LogP contribution in [0.1, 0.15) is 30.0 Å². The van der Waals surface area contributed by atoms with Crippen molar-refractivity contribution < 1.29 is 19.3 Å². The van der Waals surface area contributed by atoms with Gasteiger partial charge >= 0.3 is 17.3 Å². The van der Waals surface area contributed by atoms with Gasteiger partial charge in [0.25, 0.3) is 5.91 Å². The van der Waals surface area contributed by atoms with Gasteiger partial charge in [0, 0.05) is 43.9 Å². The van der Waals surface area contributed by atoms with E-state index in [2.05, 4.69) is 5.32 Å². The van der Waals surface area contributed by atoms with Gasteiger partial charge in [-0.1, -0.05) is 30.3 Å². The molecular weight excluding hydrogens is 454 g/mol. The minimum Gasteiger partial charge on any atom is -0.342 e. The van der Waals surface area contributed by atoms with Gasteiger partial charge in [-0.15, -0.1) is 0 Å². The maximum absolute atomic E-state index is 13.1. The normalized spacial score (nSPS) is 23.1. The fourth-order valence-electron chi connectivity index (χ4n) is 5.39. The van der Waals surface area contributed by atoms with Gasteiger partial charge in [-0.3, -0.25) is 29.4 Å². The summed E-state index contributed by atoms with van der Waals surface area (Å²) < 4.78 is 1.46. The highest BCUT2D eigenvalue weighted by Gasteiger charge is 2.42. The molecule has 4 heterocycles. The van der Waals surface area contributed by atoms with E-state index in [1.165, 1.54) is 10.6 Å². The highest BCUT2D eigenvalue weighted by molar-refractivity contribution is 6.05. The van der Waals surface area contributed by atoms with Crippen LogP contribution in [0.25, 0.3) is 0 Å². The summed E-state index contributed by atoms with van der Waals surface area (Å²) in [5, 5.41) is 13.8. The van der Waals surface area contributed by atoms with Crippen LogP contribution in [0.5, 0.6) is 0 Å². The van der Waals surface area contributed by atoms with Crippen LogP contribution in [-0.2, 0) is 22.6 Å². The average molecular weight is 479 g/mol. The third-order valence-electron chi connectivity index (χ3n) is 7.09. The highest BCUT2D eigenvalue weighted by Crippen LogP contribution is 2.36. The molecule has 2 saturated heterocycles. The fourth-order valence-corrected chi connectivity index (χ4v) is 5.39. The predicted molar refractivity (Wildman–Crippen MR) is 124 cm³/mol. The first-order chi connectivity index (χ1) is 16.8. The number of likely N-dealkylation sites (tertiary alicyclic amines) is 1. The van der Waals surface area contributed by atoms with Crippen molar-refractivity contribution in [3.63, 3.8) is 0 Å². The van der Waals surface area contributed by atoms with Crippen LogP contribution < -0.4 is 10.9 Å². The maximum Gasteiger partial charge on any atom is 0.334 e. The molecule has 3 unspecified atom stereocenters. The van der Waals surface area contributed by atoms with E-state index in [4.69, 9.17) is 0 Å². The lowest BCUT2D eigenvalue weighted by atomic mass is 9.83. The van der Waals surface area contributed by atoms with Gasteiger partial charge in [-0.2, -0.15) is 0 Å². The van der Waals surface area contributed by atoms with Gasteiger partial charge in [0.2, 0.25) is 5.91 Å². The van der Waals surface area contributed by atoms with Crippen LogP contribution in [0.2, 0.25) is 0 Å². The molecule has 3 atom stereocenters. The monoisotopic (exact) mass is 479 g/mol. The predicted octanol–water partition coefficient (Wildman–Crippen LogP) is 1.26. The molecule has 11 nitrogen and oxygen atoms in total. The number of hydrogen-bond acceptors (Lipinski definition) is 6. The van der Waals surface area contributed by atoms with Crippen LogP contribution >= 0.6 is 0 Å². The van der Waals surface area contributed by atoms with Crippen LogP contribution in [-0.4, -0.2) is 62.8 Å². The molecule has 1 aromatic carbocycles. The van der Waals surface area contributed by atoms with Gasteiger partial charge < -0.3 is 14.8 Å². The molecule has 3 aliphatic heterocycles. The van der Waals surface area contributed by atoms with E-state index in [0.717, 1.165) is 16.9 Å². The third kappa shape index (κ3) is 4.29. The van der Waals surface area contributed by atoms with Crippen molar-refractivity contribution in [1.82, 2.24) is 19.7 Å². The Balaban J connectivity index is 1.23. The van der Waals surface area contributed by atoms with Gasteiger partial charge in [-0.05, 0) is 30.4 Å². The number of nitro groups is 1. The van der Waals surface area contributed by atoms with E-state index < -0.39 is 34.2 Å². The molecule has 2 fully saturated rings.